The predicted octanol–water partition coefficient (Wildman–Crippen LogP) is 1.74. The van der Waals surface area contributed by atoms with E-state index in [0.717, 1.165) is 29.1 Å². The molecule has 1 aromatic carbocycles. The molecule has 102 valence electrons. The monoisotopic (exact) mass is 260 g/mol. The summed E-state index contributed by atoms with van der Waals surface area (Å²) in [5, 5.41) is 4.49. The summed E-state index contributed by atoms with van der Waals surface area (Å²) in [5.41, 5.74) is 9.17. The average molecular weight is 260 g/mol. The van der Waals surface area contributed by atoms with Crippen molar-refractivity contribution in [1.29, 1.82) is 0 Å². The van der Waals surface area contributed by atoms with E-state index in [1.807, 2.05) is 45.4 Å². The summed E-state index contributed by atoms with van der Waals surface area (Å²) in [4.78, 5) is 2.08. The second kappa shape index (κ2) is 5.32. The molecule has 0 spiro atoms. The molecule has 0 amide bonds. The molecule has 0 fully saturated rings. The minimum absolute atomic E-state index is 0.682. The molecule has 19 heavy (non-hydrogen) atoms. The van der Waals surface area contributed by atoms with Crippen molar-refractivity contribution in [2.75, 3.05) is 26.9 Å². The van der Waals surface area contributed by atoms with Gasteiger partial charge in [-0.1, -0.05) is 12.1 Å². The lowest BCUT2D eigenvalue weighted by Gasteiger charge is -2.10. The van der Waals surface area contributed by atoms with Crippen LogP contribution in [-0.2, 0) is 13.6 Å². The number of anilines is 1. The molecule has 0 aliphatic rings. The van der Waals surface area contributed by atoms with Gasteiger partial charge in [-0.3, -0.25) is 4.68 Å². The van der Waals surface area contributed by atoms with Crippen molar-refractivity contribution in [3.63, 3.8) is 0 Å². The maximum absolute atomic E-state index is 6.13. The maximum Gasteiger partial charge on any atom is 0.129 e. The molecule has 5 nitrogen and oxygen atoms in total. The van der Waals surface area contributed by atoms with Crippen LogP contribution in [0.15, 0.2) is 24.3 Å². The van der Waals surface area contributed by atoms with Crippen LogP contribution in [0.5, 0.6) is 5.75 Å². The Morgan fingerprint density at radius 2 is 1.89 bits per heavy atom. The van der Waals surface area contributed by atoms with E-state index in [-0.39, 0.29) is 0 Å². The fourth-order valence-electron chi connectivity index (χ4n) is 2.08. The van der Waals surface area contributed by atoms with Gasteiger partial charge in [0.1, 0.15) is 11.6 Å². The van der Waals surface area contributed by atoms with Crippen LogP contribution in [0.3, 0.4) is 0 Å². The zero-order valence-electron chi connectivity index (χ0n) is 11.8. The second-order valence-corrected chi connectivity index (χ2v) is 4.80. The Morgan fingerprint density at radius 1 is 1.26 bits per heavy atom. The van der Waals surface area contributed by atoms with Gasteiger partial charge in [-0.25, -0.2) is 0 Å². The summed E-state index contributed by atoms with van der Waals surface area (Å²) in [7, 11) is 7.55. The molecule has 0 aliphatic heterocycles. The molecule has 0 unspecified atom stereocenters. The van der Waals surface area contributed by atoms with E-state index in [2.05, 4.69) is 10.00 Å². The molecule has 0 atom stereocenters. The largest absolute Gasteiger partial charge is 0.497 e. The van der Waals surface area contributed by atoms with Gasteiger partial charge in [0.2, 0.25) is 0 Å². The van der Waals surface area contributed by atoms with Crippen LogP contribution in [0.2, 0.25) is 0 Å². The van der Waals surface area contributed by atoms with E-state index >= 15 is 0 Å². The van der Waals surface area contributed by atoms with E-state index in [4.69, 9.17) is 10.5 Å². The van der Waals surface area contributed by atoms with Gasteiger partial charge in [-0.05, 0) is 31.8 Å². The van der Waals surface area contributed by atoms with Crippen molar-refractivity contribution in [3.8, 4) is 16.9 Å². The number of nitrogens with zero attached hydrogens (tertiary/aromatic N) is 3. The van der Waals surface area contributed by atoms with Crippen molar-refractivity contribution in [1.82, 2.24) is 14.7 Å². The topological polar surface area (TPSA) is 56.3 Å². The van der Waals surface area contributed by atoms with E-state index in [0.29, 0.717) is 5.82 Å². The SMILES string of the molecule is COc1ccc(-c2c(CN(C)C)nn(C)c2N)cc1. The Kier molecular flexibility index (Phi) is 3.76. The van der Waals surface area contributed by atoms with Crippen molar-refractivity contribution in [2.45, 2.75) is 6.54 Å². The third-order valence-corrected chi connectivity index (χ3v) is 3.01. The lowest BCUT2D eigenvalue weighted by atomic mass is 10.0. The third-order valence-electron chi connectivity index (χ3n) is 3.01. The molecule has 0 radical (unpaired) electrons. The molecular formula is C14H20N4O. The number of benzene rings is 1. The molecule has 0 saturated carbocycles. The second-order valence-electron chi connectivity index (χ2n) is 4.80. The summed E-state index contributed by atoms with van der Waals surface area (Å²) < 4.78 is 6.90. The number of nitrogen functional groups attached to an aromatic ring is 1. The molecule has 1 heterocycles. The van der Waals surface area contributed by atoms with Gasteiger partial charge in [0.25, 0.3) is 0 Å². The number of aryl methyl sites for hydroxylation is 1. The zero-order chi connectivity index (χ0) is 14.0. The van der Waals surface area contributed by atoms with E-state index in [1.54, 1.807) is 11.8 Å². The van der Waals surface area contributed by atoms with Crippen LogP contribution < -0.4 is 10.5 Å². The molecule has 0 aliphatic carbocycles. The standard InChI is InChI=1S/C14H20N4O/c1-17(2)9-12-13(14(15)18(3)16-12)10-5-7-11(19-4)8-6-10/h5-8H,9,15H2,1-4H3. The highest BCUT2D eigenvalue weighted by molar-refractivity contribution is 5.77. The first kappa shape index (κ1) is 13.4. The molecule has 1 aromatic heterocycles. The smallest absolute Gasteiger partial charge is 0.129 e. The maximum atomic E-state index is 6.13. The summed E-state index contributed by atoms with van der Waals surface area (Å²) >= 11 is 0. The molecule has 0 saturated heterocycles. The minimum atomic E-state index is 0.682. The first-order valence-electron chi connectivity index (χ1n) is 6.13. The van der Waals surface area contributed by atoms with Crippen LogP contribution in [0.1, 0.15) is 5.69 Å². The van der Waals surface area contributed by atoms with Crippen LogP contribution in [0.4, 0.5) is 5.82 Å². The number of nitrogens with two attached hydrogens (primary N) is 1. The zero-order valence-corrected chi connectivity index (χ0v) is 11.8. The van der Waals surface area contributed by atoms with Crippen molar-refractivity contribution >= 4 is 5.82 Å². The number of hydrogen-bond acceptors (Lipinski definition) is 4. The van der Waals surface area contributed by atoms with Gasteiger partial charge >= 0.3 is 0 Å². The quantitative estimate of drug-likeness (QED) is 0.909. The van der Waals surface area contributed by atoms with Crippen molar-refractivity contribution in [3.05, 3.63) is 30.0 Å². The van der Waals surface area contributed by atoms with Gasteiger partial charge < -0.3 is 15.4 Å². The lowest BCUT2D eigenvalue weighted by Crippen LogP contribution is -2.12. The van der Waals surface area contributed by atoms with Crippen LogP contribution in [0, 0.1) is 0 Å². The Hall–Kier alpha value is -2.01. The summed E-state index contributed by atoms with van der Waals surface area (Å²) in [5.74, 6) is 1.52. The first-order chi connectivity index (χ1) is 9.02. The van der Waals surface area contributed by atoms with Crippen molar-refractivity contribution < 1.29 is 4.74 Å². The fraction of sp³-hybridized carbons (Fsp3) is 0.357. The molecule has 2 aromatic rings. The Bertz CT molecular complexity index is 558. The van der Waals surface area contributed by atoms with E-state index in [1.165, 1.54) is 0 Å². The normalized spacial score (nSPS) is 11.0. The molecule has 2 N–H and O–H groups in total. The highest BCUT2D eigenvalue weighted by atomic mass is 16.5. The summed E-state index contributed by atoms with van der Waals surface area (Å²) in [6.45, 7) is 0.756. The lowest BCUT2D eigenvalue weighted by molar-refractivity contribution is 0.395. The number of rotatable bonds is 4. The summed E-state index contributed by atoms with van der Waals surface area (Å²) in [6, 6.07) is 7.87. The van der Waals surface area contributed by atoms with Gasteiger partial charge in [0.15, 0.2) is 0 Å². The van der Waals surface area contributed by atoms with Gasteiger partial charge in [-0.15, -0.1) is 0 Å². The van der Waals surface area contributed by atoms with Crippen LogP contribution in [-0.4, -0.2) is 35.9 Å². The average Bonchev–Trinajstić information content (AvgIpc) is 2.64. The van der Waals surface area contributed by atoms with Gasteiger partial charge in [-0.2, -0.15) is 5.10 Å². The molecule has 0 bridgehead atoms. The Balaban J connectivity index is 2.46. The van der Waals surface area contributed by atoms with Gasteiger partial charge in [0, 0.05) is 19.2 Å². The molecular weight excluding hydrogens is 240 g/mol. The minimum Gasteiger partial charge on any atom is -0.497 e. The van der Waals surface area contributed by atoms with Crippen molar-refractivity contribution in [2.24, 2.45) is 7.05 Å². The highest BCUT2D eigenvalue weighted by Crippen LogP contribution is 2.31. The van der Waals surface area contributed by atoms with E-state index in [9.17, 15) is 0 Å². The van der Waals surface area contributed by atoms with Crippen LogP contribution in [0.25, 0.3) is 11.1 Å². The van der Waals surface area contributed by atoms with Gasteiger partial charge in [0.05, 0.1) is 12.8 Å². The number of hydrogen-bond donors (Lipinski definition) is 1. The highest BCUT2D eigenvalue weighted by Gasteiger charge is 2.16. The first-order valence-corrected chi connectivity index (χ1v) is 6.13. The molecule has 2 rings (SSSR count). The third kappa shape index (κ3) is 2.71. The summed E-state index contributed by atoms with van der Waals surface area (Å²) in [6.07, 6.45) is 0. The Morgan fingerprint density at radius 3 is 2.42 bits per heavy atom. The number of ether oxygens (including phenoxy) is 1. The number of aromatic nitrogens is 2. The fourth-order valence-corrected chi connectivity index (χ4v) is 2.08. The number of methoxy groups -OCH3 is 1. The van der Waals surface area contributed by atoms with E-state index < -0.39 is 0 Å². The predicted molar refractivity (Wildman–Crippen MR) is 77.0 cm³/mol. The molecule has 5 heteroatoms. The van der Waals surface area contributed by atoms with Crippen LogP contribution >= 0.6 is 0 Å². The Labute approximate surface area is 113 Å².